The van der Waals surface area contributed by atoms with Crippen molar-refractivity contribution in [1.29, 1.82) is 0 Å². The van der Waals surface area contributed by atoms with Crippen molar-refractivity contribution in [2.45, 2.75) is 6.42 Å². The van der Waals surface area contributed by atoms with Gasteiger partial charge in [-0.3, -0.25) is 5.10 Å². The molecule has 0 saturated carbocycles. The largest absolute Gasteiger partial charge is 0.492 e. The van der Waals surface area contributed by atoms with Gasteiger partial charge in [0.25, 0.3) is 0 Å². The number of aromatic amines is 1. The molecular formula is C14H11N3OS. The van der Waals surface area contributed by atoms with Crippen molar-refractivity contribution >= 4 is 11.3 Å². The van der Waals surface area contributed by atoms with Gasteiger partial charge in [-0.2, -0.15) is 5.10 Å². The van der Waals surface area contributed by atoms with Crippen LogP contribution in [0.1, 0.15) is 4.88 Å². The van der Waals surface area contributed by atoms with Gasteiger partial charge in [0.2, 0.25) is 0 Å². The van der Waals surface area contributed by atoms with E-state index in [2.05, 4.69) is 33.4 Å². The number of benzene rings is 1. The second-order valence-electron chi connectivity index (χ2n) is 4.42. The fourth-order valence-corrected chi connectivity index (χ4v) is 3.11. The quantitative estimate of drug-likeness (QED) is 0.738. The molecule has 0 bridgehead atoms. The van der Waals surface area contributed by atoms with Crippen LogP contribution in [-0.4, -0.2) is 21.8 Å². The number of aromatic nitrogens is 3. The SMILES string of the molecule is c1nc2c(s1)CCOc1cc(-c3cn[nH]c3)ccc1-2. The Morgan fingerprint density at radius 3 is 3.16 bits per heavy atom. The molecule has 5 heteroatoms. The normalized spacial score (nSPS) is 13.3. The van der Waals surface area contributed by atoms with Crippen LogP contribution in [0.15, 0.2) is 36.1 Å². The van der Waals surface area contributed by atoms with Gasteiger partial charge >= 0.3 is 0 Å². The van der Waals surface area contributed by atoms with Crippen molar-refractivity contribution in [3.63, 3.8) is 0 Å². The molecule has 19 heavy (non-hydrogen) atoms. The summed E-state index contributed by atoms with van der Waals surface area (Å²) in [5.41, 5.74) is 6.22. The van der Waals surface area contributed by atoms with Gasteiger partial charge in [0.05, 0.1) is 24.0 Å². The standard InChI is InChI=1S/C14H11N3OS/c1-2-11-12(5-9(1)10-6-16-17-7-10)18-4-3-13-14(11)15-8-19-13/h1-2,5-8H,3-4H2,(H,16,17). The molecule has 0 unspecified atom stereocenters. The molecule has 4 nitrogen and oxygen atoms in total. The van der Waals surface area contributed by atoms with Crippen LogP contribution in [0, 0.1) is 0 Å². The summed E-state index contributed by atoms with van der Waals surface area (Å²) in [6.07, 6.45) is 4.62. The highest BCUT2D eigenvalue weighted by molar-refractivity contribution is 7.10. The lowest BCUT2D eigenvalue weighted by Gasteiger charge is -2.08. The van der Waals surface area contributed by atoms with E-state index in [0.717, 1.165) is 34.6 Å². The Hall–Kier alpha value is -2.14. The number of ether oxygens (including phenoxy) is 1. The van der Waals surface area contributed by atoms with Crippen molar-refractivity contribution in [3.05, 3.63) is 41.0 Å². The van der Waals surface area contributed by atoms with Gasteiger partial charge in [-0.25, -0.2) is 4.98 Å². The van der Waals surface area contributed by atoms with Crippen LogP contribution in [0.3, 0.4) is 0 Å². The van der Waals surface area contributed by atoms with Crippen molar-refractivity contribution in [3.8, 4) is 28.1 Å². The van der Waals surface area contributed by atoms with Gasteiger partial charge < -0.3 is 4.74 Å². The van der Waals surface area contributed by atoms with E-state index in [4.69, 9.17) is 4.74 Å². The molecule has 0 radical (unpaired) electrons. The third-order valence-corrected chi connectivity index (χ3v) is 4.19. The number of hydrogen-bond acceptors (Lipinski definition) is 4. The third-order valence-electron chi connectivity index (χ3n) is 3.30. The molecule has 94 valence electrons. The van der Waals surface area contributed by atoms with Crippen LogP contribution in [0.25, 0.3) is 22.4 Å². The van der Waals surface area contributed by atoms with Crippen LogP contribution in [0.4, 0.5) is 0 Å². The van der Waals surface area contributed by atoms with Crippen LogP contribution >= 0.6 is 11.3 Å². The first kappa shape index (κ1) is 10.8. The van der Waals surface area contributed by atoms with E-state index in [1.54, 1.807) is 11.3 Å². The lowest BCUT2D eigenvalue weighted by Crippen LogP contribution is -1.97. The molecule has 0 spiro atoms. The summed E-state index contributed by atoms with van der Waals surface area (Å²) in [7, 11) is 0. The van der Waals surface area contributed by atoms with E-state index in [1.165, 1.54) is 4.88 Å². The fourth-order valence-electron chi connectivity index (χ4n) is 2.35. The molecule has 1 aromatic carbocycles. The van der Waals surface area contributed by atoms with Gasteiger partial charge in [-0.1, -0.05) is 6.07 Å². The number of H-pyrrole nitrogens is 1. The van der Waals surface area contributed by atoms with Gasteiger partial charge in [-0.15, -0.1) is 11.3 Å². The number of fused-ring (bicyclic) bond motifs is 3. The van der Waals surface area contributed by atoms with E-state index < -0.39 is 0 Å². The van der Waals surface area contributed by atoms with Crippen molar-refractivity contribution in [1.82, 2.24) is 15.2 Å². The molecule has 4 rings (SSSR count). The lowest BCUT2D eigenvalue weighted by molar-refractivity contribution is 0.327. The van der Waals surface area contributed by atoms with E-state index in [9.17, 15) is 0 Å². The maximum absolute atomic E-state index is 5.86. The lowest BCUT2D eigenvalue weighted by atomic mass is 10.0. The average molecular weight is 269 g/mol. The molecule has 0 saturated heterocycles. The number of hydrogen-bond donors (Lipinski definition) is 1. The maximum Gasteiger partial charge on any atom is 0.129 e. The number of thiazole rings is 1. The Balaban J connectivity index is 1.87. The molecule has 1 N–H and O–H groups in total. The van der Waals surface area contributed by atoms with Gasteiger partial charge in [0.15, 0.2) is 0 Å². The van der Waals surface area contributed by atoms with Crippen LogP contribution in [0.2, 0.25) is 0 Å². The zero-order valence-corrected chi connectivity index (χ0v) is 10.9. The topological polar surface area (TPSA) is 50.8 Å². The molecule has 0 atom stereocenters. The second kappa shape index (κ2) is 4.20. The van der Waals surface area contributed by atoms with Crippen LogP contribution in [0.5, 0.6) is 5.75 Å². The van der Waals surface area contributed by atoms with Gasteiger partial charge in [0, 0.05) is 28.6 Å². The Kier molecular flexibility index (Phi) is 2.38. The summed E-state index contributed by atoms with van der Waals surface area (Å²) in [6, 6.07) is 6.23. The van der Waals surface area contributed by atoms with E-state index in [0.29, 0.717) is 6.61 Å². The smallest absolute Gasteiger partial charge is 0.129 e. The first-order chi connectivity index (χ1) is 9.42. The Morgan fingerprint density at radius 1 is 1.26 bits per heavy atom. The number of nitrogens with zero attached hydrogens (tertiary/aromatic N) is 2. The molecule has 2 aromatic heterocycles. The predicted molar refractivity (Wildman–Crippen MR) is 74.3 cm³/mol. The Morgan fingerprint density at radius 2 is 2.26 bits per heavy atom. The zero-order chi connectivity index (χ0) is 12.7. The molecule has 0 aliphatic carbocycles. The first-order valence-corrected chi connectivity index (χ1v) is 6.98. The highest BCUT2D eigenvalue weighted by Crippen LogP contribution is 2.38. The fraction of sp³-hybridized carbons (Fsp3) is 0.143. The minimum absolute atomic E-state index is 0.705. The summed E-state index contributed by atoms with van der Waals surface area (Å²) >= 11 is 1.70. The van der Waals surface area contributed by atoms with Crippen molar-refractivity contribution in [2.75, 3.05) is 6.61 Å². The van der Waals surface area contributed by atoms with E-state index in [1.807, 2.05) is 17.9 Å². The first-order valence-electron chi connectivity index (χ1n) is 6.10. The van der Waals surface area contributed by atoms with Crippen LogP contribution in [-0.2, 0) is 6.42 Å². The van der Waals surface area contributed by atoms with Crippen LogP contribution < -0.4 is 4.74 Å². The van der Waals surface area contributed by atoms with Crippen molar-refractivity contribution < 1.29 is 4.74 Å². The Labute approximate surface area is 114 Å². The summed E-state index contributed by atoms with van der Waals surface area (Å²) in [5, 5.41) is 6.81. The monoisotopic (exact) mass is 269 g/mol. The molecule has 1 aliphatic rings. The number of rotatable bonds is 1. The molecule has 3 heterocycles. The molecule has 3 aromatic rings. The van der Waals surface area contributed by atoms with Gasteiger partial charge in [-0.05, 0) is 17.7 Å². The maximum atomic E-state index is 5.86. The van der Waals surface area contributed by atoms with E-state index in [-0.39, 0.29) is 0 Å². The summed E-state index contributed by atoms with van der Waals surface area (Å²) < 4.78 is 5.86. The summed E-state index contributed by atoms with van der Waals surface area (Å²) in [6.45, 7) is 0.705. The summed E-state index contributed by atoms with van der Waals surface area (Å²) in [5.74, 6) is 0.906. The highest BCUT2D eigenvalue weighted by atomic mass is 32.1. The number of nitrogens with one attached hydrogen (secondary N) is 1. The summed E-state index contributed by atoms with van der Waals surface area (Å²) in [4.78, 5) is 5.77. The predicted octanol–water partition coefficient (Wildman–Crippen LogP) is 3.14. The molecule has 1 aliphatic heterocycles. The highest BCUT2D eigenvalue weighted by Gasteiger charge is 2.18. The average Bonchev–Trinajstić information content (AvgIpc) is 3.08. The zero-order valence-electron chi connectivity index (χ0n) is 10.1. The molecular weight excluding hydrogens is 258 g/mol. The van der Waals surface area contributed by atoms with Gasteiger partial charge in [0.1, 0.15) is 5.75 Å². The minimum Gasteiger partial charge on any atom is -0.492 e. The van der Waals surface area contributed by atoms with E-state index >= 15 is 0 Å². The van der Waals surface area contributed by atoms with Crippen molar-refractivity contribution in [2.24, 2.45) is 0 Å². The Bertz CT molecular complexity index is 718. The minimum atomic E-state index is 0.705. The third kappa shape index (κ3) is 1.74. The molecule has 0 amide bonds. The second-order valence-corrected chi connectivity index (χ2v) is 5.36. The molecule has 0 fully saturated rings.